The molecule has 0 atom stereocenters. The minimum absolute atomic E-state index is 0.189. The van der Waals surface area contributed by atoms with Crippen LogP contribution in [0.25, 0.3) is 11.1 Å². The Morgan fingerprint density at radius 2 is 1.71 bits per heavy atom. The molecule has 1 fully saturated rings. The van der Waals surface area contributed by atoms with Gasteiger partial charge in [0.1, 0.15) is 17.4 Å². The van der Waals surface area contributed by atoms with E-state index < -0.39 is 6.03 Å². The smallest absolute Gasteiger partial charge is 0.326 e. The van der Waals surface area contributed by atoms with Gasteiger partial charge in [-0.25, -0.2) is 19.7 Å². The Morgan fingerprint density at radius 3 is 2.35 bits per heavy atom. The average molecular weight is 466 g/mol. The third-order valence-corrected chi connectivity index (χ3v) is 5.51. The van der Waals surface area contributed by atoms with Crippen LogP contribution in [0.15, 0.2) is 41.3 Å². The Hall–Kier alpha value is -3.37. The second-order valence-corrected chi connectivity index (χ2v) is 9.28. The molecule has 0 aliphatic carbocycles. The van der Waals surface area contributed by atoms with E-state index in [1.165, 1.54) is 0 Å². The van der Waals surface area contributed by atoms with Gasteiger partial charge >= 0.3 is 6.03 Å². The van der Waals surface area contributed by atoms with E-state index in [4.69, 9.17) is 9.26 Å². The normalized spacial score (nSPS) is 14.7. The number of urea groups is 1. The van der Waals surface area contributed by atoms with Crippen molar-refractivity contribution in [1.29, 1.82) is 0 Å². The van der Waals surface area contributed by atoms with Gasteiger partial charge < -0.3 is 9.26 Å². The van der Waals surface area contributed by atoms with Gasteiger partial charge in [-0.3, -0.25) is 15.5 Å². The average Bonchev–Trinajstić information content (AvgIpc) is 3.30. The largest absolute Gasteiger partial charge is 0.379 e. The predicted octanol–water partition coefficient (Wildman–Crippen LogP) is 3.73. The van der Waals surface area contributed by atoms with Gasteiger partial charge in [-0.1, -0.05) is 25.9 Å². The Morgan fingerprint density at radius 1 is 1.00 bits per heavy atom. The zero-order chi connectivity index (χ0) is 24.0. The van der Waals surface area contributed by atoms with Gasteiger partial charge in [0.25, 0.3) is 0 Å². The van der Waals surface area contributed by atoms with Crippen LogP contribution < -0.4 is 10.6 Å². The fraction of sp³-hybridized carbons (Fsp3) is 0.458. The molecule has 1 aliphatic heterocycles. The van der Waals surface area contributed by atoms with Crippen LogP contribution in [-0.2, 0) is 16.6 Å². The maximum absolute atomic E-state index is 12.2. The Kier molecular flexibility index (Phi) is 7.49. The lowest BCUT2D eigenvalue weighted by Gasteiger charge is -2.26. The number of carbonyl (C=O) groups excluding carboxylic acids is 1. The molecule has 0 radical (unpaired) electrons. The number of aromatic nitrogens is 4. The van der Waals surface area contributed by atoms with E-state index in [0.717, 1.165) is 62.6 Å². The first-order valence-corrected chi connectivity index (χ1v) is 11.5. The highest BCUT2D eigenvalue weighted by Crippen LogP contribution is 2.24. The van der Waals surface area contributed by atoms with Crippen molar-refractivity contribution < 1.29 is 14.1 Å². The standard InChI is InChI=1S/C24H31N7O3/c1-24(2,3)19-13-22(30-34-19)29-23(32)28-21-7-6-17(14-27-21)18-15-25-20(26-16-18)5-4-8-31-9-11-33-12-10-31/h6-7,13-16H,4-5,8-12H2,1-3H3,(H2,27,28,29,30,32). The molecule has 34 heavy (non-hydrogen) atoms. The molecule has 1 saturated heterocycles. The molecule has 0 aromatic carbocycles. The lowest BCUT2D eigenvalue weighted by Crippen LogP contribution is -2.37. The summed E-state index contributed by atoms with van der Waals surface area (Å²) >= 11 is 0. The van der Waals surface area contributed by atoms with Crippen LogP contribution in [0, 0.1) is 0 Å². The van der Waals surface area contributed by atoms with Crippen molar-refractivity contribution in [3.63, 3.8) is 0 Å². The topological polar surface area (TPSA) is 118 Å². The van der Waals surface area contributed by atoms with Crippen molar-refractivity contribution in [3.8, 4) is 11.1 Å². The van der Waals surface area contributed by atoms with E-state index in [-0.39, 0.29) is 5.41 Å². The number of aryl methyl sites for hydroxylation is 1. The summed E-state index contributed by atoms with van der Waals surface area (Å²) in [6, 6.07) is 4.86. The van der Waals surface area contributed by atoms with E-state index in [1.807, 2.05) is 39.2 Å². The number of rotatable bonds is 7. The van der Waals surface area contributed by atoms with Crippen LogP contribution in [-0.4, -0.2) is 63.9 Å². The highest BCUT2D eigenvalue weighted by molar-refractivity contribution is 5.98. The number of pyridine rings is 1. The molecule has 0 unspecified atom stereocenters. The molecule has 180 valence electrons. The summed E-state index contributed by atoms with van der Waals surface area (Å²) in [7, 11) is 0. The Labute approximate surface area is 199 Å². The second-order valence-electron chi connectivity index (χ2n) is 9.28. The van der Waals surface area contributed by atoms with Crippen LogP contribution in [0.3, 0.4) is 0 Å². The first kappa shape index (κ1) is 23.8. The van der Waals surface area contributed by atoms with Gasteiger partial charge in [0.2, 0.25) is 0 Å². The molecular formula is C24H31N7O3. The van der Waals surface area contributed by atoms with Crippen molar-refractivity contribution in [2.75, 3.05) is 43.5 Å². The molecule has 0 spiro atoms. The molecule has 10 nitrogen and oxygen atoms in total. The van der Waals surface area contributed by atoms with Crippen LogP contribution in [0.1, 0.15) is 38.8 Å². The van der Waals surface area contributed by atoms with E-state index in [0.29, 0.717) is 17.4 Å². The zero-order valence-corrected chi connectivity index (χ0v) is 19.9. The highest BCUT2D eigenvalue weighted by Gasteiger charge is 2.20. The summed E-state index contributed by atoms with van der Waals surface area (Å²) in [5.41, 5.74) is 1.56. The minimum atomic E-state index is -0.446. The van der Waals surface area contributed by atoms with E-state index >= 15 is 0 Å². The lowest BCUT2D eigenvalue weighted by atomic mass is 9.93. The maximum atomic E-state index is 12.2. The number of amides is 2. The molecule has 1 aliphatic rings. The molecule has 10 heteroatoms. The number of nitrogens with one attached hydrogen (secondary N) is 2. The summed E-state index contributed by atoms with van der Waals surface area (Å²) in [4.78, 5) is 28.0. The third kappa shape index (κ3) is 6.58. The van der Waals surface area contributed by atoms with Crippen molar-refractivity contribution in [2.45, 2.75) is 39.0 Å². The summed E-state index contributed by atoms with van der Waals surface area (Å²) in [6.45, 7) is 10.7. The number of hydrogen-bond acceptors (Lipinski definition) is 8. The second kappa shape index (κ2) is 10.7. The maximum Gasteiger partial charge on any atom is 0.326 e. The number of ether oxygens (including phenoxy) is 1. The molecule has 0 saturated carbocycles. The summed E-state index contributed by atoms with van der Waals surface area (Å²) in [6.07, 6.45) is 7.17. The Bertz CT molecular complexity index is 1070. The van der Waals surface area contributed by atoms with E-state index in [1.54, 1.807) is 18.3 Å². The quantitative estimate of drug-likeness (QED) is 0.542. The fourth-order valence-electron chi connectivity index (χ4n) is 3.51. The highest BCUT2D eigenvalue weighted by atomic mass is 16.5. The van der Waals surface area contributed by atoms with Gasteiger partial charge in [-0.2, -0.15) is 0 Å². The first-order chi connectivity index (χ1) is 16.4. The van der Waals surface area contributed by atoms with E-state index in [9.17, 15) is 4.79 Å². The molecule has 2 amide bonds. The van der Waals surface area contributed by atoms with Crippen molar-refractivity contribution >= 4 is 17.7 Å². The zero-order valence-electron chi connectivity index (χ0n) is 19.9. The molecule has 0 bridgehead atoms. The molecule has 4 rings (SSSR count). The summed E-state index contributed by atoms with van der Waals surface area (Å²) < 4.78 is 10.7. The number of hydrogen-bond donors (Lipinski definition) is 2. The van der Waals surface area contributed by atoms with Crippen LogP contribution in [0.5, 0.6) is 0 Å². The first-order valence-electron chi connectivity index (χ1n) is 11.5. The van der Waals surface area contributed by atoms with E-state index in [2.05, 4.69) is 35.6 Å². The van der Waals surface area contributed by atoms with Crippen molar-refractivity contribution in [3.05, 3.63) is 48.4 Å². The van der Waals surface area contributed by atoms with Gasteiger partial charge in [0.05, 0.1) is 13.2 Å². The minimum Gasteiger partial charge on any atom is -0.379 e. The molecule has 4 heterocycles. The third-order valence-electron chi connectivity index (χ3n) is 5.51. The lowest BCUT2D eigenvalue weighted by molar-refractivity contribution is 0.0374. The Balaban J connectivity index is 1.26. The SMILES string of the molecule is CC(C)(C)c1cc(NC(=O)Nc2ccc(-c3cnc(CCCN4CCOCC4)nc3)cn2)no1. The molecular weight excluding hydrogens is 434 g/mol. The number of anilines is 2. The number of morpholine rings is 1. The molecule has 3 aromatic heterocycles. The molecule has 2 N–H and O–H groups in total. The fourth-order valence-corrected chi connectivity index (χ4v) is 3.51. The monoisotopic (exact) mass is 465 g/mol. The van der Waals surface area contributed by atoms with Gasteiger partial charge in [0, 0.05) is 60.7 Å². The van der Waals surface area contributed by atoms with Gasteiger partial charge in [-0.15, -0.1) is 0 Å². The summed E-state index contributed by atoms with van der Waals surface area (Å²) in [5, 5.41) is 9.22. The van der Waals surface area contributed by atoms with Crippen LogP contribution >= 0.6 is 0 Å². The van der Waals surface area contributed by atoms with Gasteiger partial charge in [0.15, 0.2) is 5.82 Å². The molecule has 3 aromatic rings. The van der Waals surface area contributed by atoms with Crippen LogP contribution in [0.4, 0.5) is 16.4 Å². The number of nitrogens with zero attached hydrogens (tertiary/aromatic N) is 5. The summed E-state index contributed by atoms with van der Waals surface area (Å²) in [5.74, 6) is 2.29. The van der Waals surface area contributed by atoms with Crippen LogP contribution in [0.2, 0.25) is 0 Å². The van der Waals surface area contributed by atoms with Crippen molar-refractivity contribution in [1.82, 2.24) is 25.0 Å². The number of carbonyl (C=O) groups is 1. The predicted molar refractivity (Wildman–Crippen MR) is 129 cm³/mol. The van der Waals surface area contributed by atoms with Gasteiger partial charge in [-0.05, 0) is 25.1 Å². The van der Waals surface area contributed by atoms with Crippen molar-refractivity contribution in [2.24, 2.45) is 0 Å².